The Morgan fingerprint density at radius 1 is 1.56 bits per heavy atom. The van der Waals surface area contributed by atoms with Crippen molar-refractivity contribution in [1.82, 2.24) is 5.32 Å². The number of nitrogens with one attached hydrogen (secondary N) is 1. The SMILES string of the molecule is CCCCOC(=O)NC(Cc1ccco1)C(=O)O. The summed E-state index contributed by atoms with van der Waals surface area (Å²) >= 11 is 0. The molecule has 6 nitrogen and oxygen atoms in total. The van der Waals surface area contributed by atoms with Gasteiger partial charge in [0.05, 0.1) is 12.9 Å². The summed E-state index contributed by atoms with van der Waals surface area (Å²) in [6.07, 6.45) is 2.48. The highest BCUT2D eigenvalue weighted by Crippen LogP contribution is 2.04. The molecule has 0 bridgehead atoms. The molecule has 1 atom stereocenters. The predicted molar refractivity (Wildman–Crippen MR) is 63.2 cm³/mol. The molecule has 0 saturated heterocycles. The molecule has 6 heteroatoms. The number of alkyl carbamates (subject to hydrolysis) is 1. The molecule has 1 rings (SSSR count). The number of hydrogen-bond acceptors (Lipinski definition) is 4. The molecule has 18 heavy (non-hydrogen) atoms. The van der Waals surface area contributed by atoms with Crippen molar-refractivity contribution in [3.63, 3.8) is 0 Å². The average Bonchev–Trinajstić information content (AvgIpc) is 2.81. The maximum atomic E-state index is 11.3. The van der Waals surface area contributed by atoms with Gasteiger partial charge in [-0.25, -0.2) is 9.59 Å². The zero-order chi connectivity index (χ0) is 13.4. The molecule has 0 fully saturated rings. The van der Waals surface area contributed by atoms with Gasteiger partial charge in [-0.1, -0.05) is 13.3 Å². The van der Waals surface area contributed by atoms with Crippen LogP contribution in [0.25, 0.3) is 0 Å². The van der Waals surface area contributed by atoms with Gasteiger partial charge in [-0.2, -0.15) is 0 Å². The van der Waals surface area contributed by atoms with E-state index >= 15 is 0 Å². The number of aliphatic carboxylic acids is 1. The first-order chi connectivity index (χ1) is 8.63. The Balaban J connectivity index is 2.42. The maximum Gasteiger partial charge on any atom is 0.407 e. The van der Waals surface area contributed by atoms with Crippen LogP contribution in [-0.4, -0.2) is 29.8 Å². The van der Waals surface area contributed by atoms with Gasteiger partial charge in [-0.05, 0) is 18.6 Å². The van der Waals surface area contributed by atoms with Crippen molar-refractivity contribution in [1.29, 1.82) is 0 Å². The van der Waals surface area contributed by atoms with E-state index in [9.17, 15) is 9.59 Å². The first kappa shape index (κ1) is 14.1. The second-order valence-corrected chi connectivity index (χ2v) is 3.81. The van der Waals surface area contributed by atoms with Crippen LogP contribution in [0.15, 0.2) is 22.8 Å². The molecule has 0 spiro atoms. The molecule has 1 unspecified atom stereocenters. The summed E-state index contributed by atoms with van der Waals surface area (Å²) in [5, 5.41) is 11.3. The molecule has 0 aliphatic carbocycles. The zero-order valence-corrected chi connectivity index (χ0v) is 10.2. The molecular formula is C12H17NO5. The Bertz CT molecular complexity index is 374. The molecule has 0 aliphatic heterocycles. The lowest BCUT2D eigenvalue weighted by Gasteiger charge is -2.13. The van der Waals surface area contributed by atoms with Gasteiger partial charge in [0.15, 0.2) is 0 Å². The third-order valence-corrected chi connectivity index (χ3v) is 2.31. The summed E-state index contributed by atoms with van der Waals surface area (Å²) in [7, 11) is 0. The molecule has 1 aromatic rings. The van der Waals surface area contributed by atoms with Gasteiger partial charge in [-0.15, -0.1) is 0 Å². The average molecular weight is 255 g/mol. The lowest BCUT2D eigenvalue weighted by Crippen LogP contribution is -2.42. The summed E-state index contributed by atoms with van der Waals surface area (Å²) < 4.78 is 9.88. The van der Waals surface area contributed by atoms with Crippen molar-refractivity contribution in [2.75, 3.05) is 6.61 Å². The minimum Gasteiger partial charge on any atom is -0.480 e. The lowest BCUT2D eigenvalue weighted by atomic mass is 10.2. The van der Waals surface area contributed by atoms with E-state index < -0.39 is 18.1 Å². The van der Waals surface area contributed by atoms with Crippen LogP contribution in [0.1, 0.15) is 25.5 Å². The number of amides is 1. The van der Waals surface area contributed by atoms with Crippen LogP contribution in [0.3, 0.4) is 0 Å². The summed E-state index contributed by atoms with van der Waals surface area (Å²) in [4.78, 5) is 22.3. The quantitative estimate of drug-likeness (QED) is 0.725. The first-order valence-corrected chi connectivity index (χ1v) is 5.82. The van der Waals surface area contributed by atoms with E-state index in [1.165, 1.54) is 6.26 Å². The van der Waals surface area contributed by atoms with E-state index in [4.69, 9.17) is 14.3 Å². The van der Waals surface area contributed by atoms with Crippen molar-refractivity contribution in [3.05, 3.63) is 24.2 Å². The summed E-state index contributed by atoms with van der Waals surface area (Å²) in [6.45, 7) is 2.26. The molecule has 1 aromatic heterocycles. The number of carboxylic acids is 1. The Kier molecular flexibility index (Phi) is 5.76. The summed E-state index contributed by atoms with van der Waals surface area (Å²) in [5.74, 6) is -0.630. The van der Waals surface area contributed by atoms with Crippen LogP contribution in [0.4, 0.5) is 4.79 Å². The molecule has 1 heterocycles. The largest absolute Gasteiger partial charge is 0.480 e. The van der Waals surface area contributed by atoms with Gasteiger partial charge in [0, 0.05) is 6.42 Å². The van der Waals surface area contributed by atoms with Crippen molar-refractivity contribution in [3.8, 4) is 0 Å². The van der Waals surface area contributed by atoms with E-state index in [2.05, 4.69) is 5.32 Å². The van der Waals surface area contributed by atoms with Crippen molar-refractivity contribution < 1.29 is 23.8 Å². The predicted octanol–water partition coefficient (Wildman–Crippen LogP) is 1.80. The van der Waals surface area contributed by atoms with E-state index in [1.807, 2.05) is 6.92 Å². The Morgan fingerprint density at radius 3 is 2.89 bits per heavy atom. The number of rotatable bonds is 7. The third kappa shape index (κ3) is 4.90. The smallest absolute Gasteiger partial charge is 0.407 e. The van der Waals surface area contributed by atoms with Crippen molar-refractivity contribution in [2.24, 2.45) is 0 Å². The normalized spacial score (nSPS) is 11.8. The number of hydrogen-bond donors (Lipinski definition) is 2. The Morgan fingerprint density at radius 2 is 2.33 bits per heavy atom. The van der Waals surface area contributed by atoms with Crippen LogP contribution in [0.2, 0.25) is 0 Å². The minimum atomic E-state index is -1.13. The van der Waals surface area contributed by atoms with Crippen molar-refractivity contribution in [2.45, 2.75) is 32.2 Å². The van der Waals surface area contributed by atoms with Crippen LogP contribution < -0.4 is 5.32 Å². The number of carbonyl (C=O) groups excluding carboxylic acids is 1. The van der Waals surface area contributed by atoms with Gasteiger partial charge in [0.25, 0.3) is 0 Å². The van der Waals surface area contributed by atoms with Gasteiger partial charge in [0.2, 0.25) is 0 Å². The first-order valence-electron chi connectivity index (χ1n) is 5.82. The number of carboxylic acid groups (broad SMARTS) is 1. The highest BCUT2D eigenvalue weighted by molar-refractivity contribution is 5.80. The van der Waals surface area contributed by atoms with Crippen LogP contribution >= 0.6 is 0 Å². The fraction of sp³-hybridized carbons (Fsp3) is 0.500. The number of ether oxygens (including phenoxy) is 1. The summed E-state index contributed by atoms with van der Waals surface area (Å²) in [6, 6.07) is 2.26. The Hall–Kier alpha value is -1.98. The number of carbonyl (C=O) groups is 2. The van der Waals surface area contributed by atoms with Gasteiger partial charge < -0.3 is 19.6 Å². The van der Waals surface area contributed by atoms with Crippen LogP contribution in [0, 0.1) is 0 Å². The highest BCUT2D eigenvalue weighted by atomic mass is 16.5. The molecule has 0 aromatic carbocycles. The van der Waals surface area contributed by atoms with Crippen LogP contribution in [0.5, 0.6) is 0 Å². The van der Waals surface area contributed by atoms with Gasteiger partial charge in [0.1, 0.15) is 11.8 Å². The molecule has 0 radical (unpaired) electrons. The maximum absolute atomic E-state index is 11.3. The van der Waals surface area contributed by atoms with Gasteiger partial charge >= 0.3 is 12.1 Å². The van der Waals surface area contributed by atoms with E-state index in [1.54, 1.807) is 12.1 Å². The molecular weight excluding hydrogens is 238 g/mol. The van der Waals surface area contributed by atoms with Gasteiger partial charge in [-0.3, -0.25) is 0 Å². The molecule has 1 amide bonds. The van der Waals surface area contributed by atoms with E-state index in [0.29, 0.717) is 5.76 Å². The standard InChI is InChI=1S/C12H17NO5/c1-2-3-6-18-12(16)13-10(11(14)15)8-9-5-4-7-17-9/h4-5,7,10H,2-3,6,8H2,1H3,(H,13,16)(H,14,15). The number of furan rings is 1. The lowest BCUT2D eigenvalue weighted by molar-refractivity contribution is -0.139. The zero-order valence-electron chi connectivity index (χ0n) is 10.2. The second-order valence-electron chi connectivity index (χ2n) is 3.81. The molecule has 2 N–H and O–H groups in total. The van der Waals surface area contributed by atoms with E-state index in [-0.39, 0.29) is 13.0 Å². The second kappa shape index (κ2) is 7.37. The van der Waals surface area contributed by atoms with Crippen LogP contribution in [-0.2, 0) is 16.0 Å². The summed E-state index contributed by atoms with van der Waals surface area (Å²) in [5.41, 5.74) is 0. The van der Waals surface area contributed by atoms with Crippen molar-refractivity contribution >= 4 is 12.1 Å². The fourth-order valence-electron chi connectivity index (χ4n) is 1.32. The molecule has 100 valence electrons. The monoisotopic (exact) mass is 255 g/mol. The fourth-order valence-corrected chi connectivity index (χ4v) is 1.32. The molecule has 0 aliphatic rings. The van der Waals surface area contributed by atoms with E-state index in [0.717, 1.165) is 12.8 Å². The Labute approximate surface area is 105 Å². The minimum absolute atomic E-state index is 0.0885. The molecule has 0 saturated carbocycles. The topological polar surface area (TPSA) is 88.8 Å². The number of unbranched alkanes of at least 4 members (excludes halogenated alkanes) is 1. The third-order valence-electron chi connectivity index (χ3n) is 2.31. The highest BCUT2D eigenvalue weighted by Gasteiger charge is 2.22.